The van der Waals surface area contributed by atoms with E-state index in [0.717, 1.165) is 41.3 Å². The molecule has 0 spiro atoms. The Morgan fingerprint density at radius 1 is 1.29 bits per heavy atom. The van der Waals surface area contributed by atoms with E-state index in [1.54, 1.807) is 14.2 Å². The summed E-state index contributed by atoms with van der Waals surface area (Å²) in [6, 6.07) is 1.91. The lowest BCUT2D eigenvalue weighted by Crippen LogP contribution is -2.05. The van der Waals surface area contributed by atoms with E-state index >= 15 is 0 Å². The Bertz CT molecular complexity index is 418. The number of rotatable bonds is 2. The summed E-state index contributed by atoms with van der Waals surface area (Å²) in [6.45, 7) is 0. The van der Waals surface area contributed by atoms with Crippen LogP contribution in [-0.4, -0.2) is 19.3 Å². The number of benzene rings is 1. The molecule has 0 fully saturated rings. The van der Waals surface area contributed by atoms with E-state index in [-0.39, 0.29) is 0 Å². The van der Waals surface area contributed by atoms with Crippen LogP contribution < -0.4 is 9.47 Å². The van der Waals surface area contributed by atoms with Crippen molar-refractivity contribution >= 4 is 15.9 Å². The monoisotopic (exact) mass is 300 g/mol. The van der Waals surface area contributed by atoms with Crippen molar-refractivity contribution in [3.8, 4) is 11.5 Å². The first kappa shape index (κ1) is 12.7. The molecule has 1 aliphatic rings. The molecule has 0 saturated carbocycles. The first-order chi connectivity index (χ1) is 8.19. The van der Waals surface area contributed by atoms with Gasteiger partial charge in [0, 0.05) is 10.0 Å². The van der Waals surface area contributed by atoms with Gasteiger partial charge < -0.3 is 14.6 Å². The van der Waals surface area contributed by atoms with Gasteiger partial charge in [-0.05, 0) is 30.9 Å². The molecule has 1 aromatic carbocycles. The smallest absolute Gasteiger partial charge is 0.166 e. The number of hydrogen-bond donors (Lipinski definition) is 1. The van der Waals surface area contributed by atoms with Gasteiger partial charge in [-0.3, -0.25) is 0 Å². The fourth-order valence-corrected chi connectivity index (χ4v) is 3.04. The quantitative estimate of drug-likeness (QED) is 0.852. The predicted octanol–water partition coefficient (Wildman–Crippen LogP) is 3.23. The molecule has 3 nitrogen and oxygen atoms in total. The normalized spacial score (nSPS) is 19.4. The highest BCUT2D eigenvalue weighted by Gasteiger charge is 2.25. The first-order valence-electron chi connectivity index (χ1n) is 5.80. The Morgan fingerprint density at radius 3 is 2.71 bits per heavy atom. The number of methoxy groups -OCH3 is 2. The zero-order valence-corrected chi connectivity index (χ0v) is 11.7. The molecule has 0 radical (unpaired) electrons. The van der Waals surface area contributed by atoms with Crippen LogP contribution in [0.4, 0.5) is 0 Å². The number of fused-ring (bicyclic) bond motifs is 1. The fourth-order valence-electron chi connectivity index (χ4n) is 2.42. The van der Waals surface area contributed by atoms with Crippen molar-refractivity contribution in [3.63, 3.8) is 0 Å². The molecule has 0 amide bonds. The second-order valence-corrected chi connectivity index (χ2v) is 5.10. The lowest BCUT2D eigenvalue weighted by atomic mass is 9.99. The van der Waals surface area contributed by atoms with Crippen molar-refractivity contribution in [1.29, 1.82) is 0 Å². The number of ether oxygens (including phenoxy) is 2. The van der Waals surface area contributed by atoms with Crippen LogP contribution >= 0.6 is 15.9 Å². The number of hydrogen-bond acceptors (Lipinski definition) is 3. The molecule has 17 heavy (non-hydrogen) atoms. The molecule has 0 aromatic heterocycles. The standard InChI is InChI=1S/C13H17BrO3/c1-16-11-7-9(14)8-5-3-4-6-10(15)12(8)13(11)17-2/h7,10,15H,3-6H2,1-2H3/t10-/m1/s1. The maximum absolute atomic E-state index is 10.2. The molecule has 4 heteroatoms. The van der Waals surface area contributed by atoms with Gasteiger partial charge in [-0.2, -0.15) is 0 Å². The number of halogens is 1. The van der Waals surface area contributed by atoms with Gasteiger partial charge in [-0.25, -0.2) is 0 Å². The minimum absolute atomic E-state index is 0.464. The highest BCUT2D eigenvalue weighted by Crippen LogP contribution is 2.44. The highest BCUT2D eigenvalue weighted by atomic mass is 79.9. The second kappa shape index (κ2) is 5.27. The first-order valence-corrected chi connectivity index (χ1v) is 6.59. The minimum atomic E-state index is -0.464. The van der Waals surface area contributed by atoms with Gasteiger partial charge in [-0.1, -0.05) is 22.4 Å². The van der Waals surface area contributed by atoms with Crippen LogP contribution in [0.3, 0.4) is 0 Å². The van der Waals surface area contributed by atoms with E-state index < -0.39 is 6.10 Å². The maximum atomic E-state index is 10.2. The van der Waals surface area contributed by atoms with Crippen molar-refractivity contribution < 1.29 is 14.6 Å². The van der Waals surface area contributed by atoms with Crippen LogP contribution in [-0.2, 0) is 6.42 Å². The molecule has 0 heterocycles. The summed E-state index contributed by atoms with van der Waals surface area (Å²) in [5, 5.41) is 10.2. The van der Waals surface area contributed by atoms with Crippen molar-refractivity contribution in [2.24, 2.45) is 0 Å². The molecular weight excluding hydrogens is 284 g/mol. The maximum Gasteiger partial charge on any atom is 0.166 e. The molecule has 1 N–H and O–H groups in total. The SMILES string of the molecule is COc1cc(Br)c2c(c1OC)[C@H](O)CCCC2. The zero-order chi connectivity index (χ0) is 12.4. The van der Waals surface area contributed by atoms with Gasteiger partial charge in [0.2, 0.25) is 0 Å². The molecule has 2 rings (SSSR count). The van der Waals surface area contributed by atoms with Gasteiger partial charge in [-0.15, -0.1) is 0 Å². The molecule has 1 aliphatic carbocycles. The van der Waals surface area contributed by atoms with E-state index in [4.69, 9.17) is 9.47 Å². The van der Waals surface area contributed by atoms with E-state index in [1.807, 2.05) is 6.07 Å². The Balaban J connectivity index is 2.64. The van der Waals surface area contributed by atoms with Gasteiger partial charge in [0.1, 0.15) is 0 Å². The average molecular weight is 301 g/mol. The van der Waals surface area contributed by atoms with Crippen LogP contribution in [0.15, 0.2) is 10.5 Å². The van der Waals surface area contributed by atoms with E-state index in [2.05, 4.69) is 15.9 Å². The summed E-state index contributed by atoms with van der Waals surface area (Å²) in [4.78, 5) is 0. The summed E-state index contributed by atoms with van der Waals surface area (Å²) in [6.07, 6.45) is 3.41. The lowest BCUT2D eigenvalue weighted by molar-refractivity contribution is 0.161. The minimum Gasteiger partial charge on any atom is -0.493 e. The topological polar surface area (TPSA) is 38.7 Å². The summed E-state index contributed by atoms with van der Waals surface area (Å²) in [7, 11) is 3.23. The molecule has 1 aromatic rings. The molecule has 0 bridgehead atoms. The van der Waals surface area contributed by atoms with Crippen LogP contribution in [0, 0.1) is 0 Å². The Morgan fingerprint density at radius 2 is 2.06 bits per heavy atom. The third kappa shape index (κ3) is 2.29. The highest BCUT2D eigenvalue weighted by molar-refractivity contribution is 9.10. The van der Waals surface area contributed by atoms with E-state index in [0.29, 0.717) is 11.5 Å². The summed E-state index contributed by atoms with van der Waals surface area (Å²) in [5.41, 5.74) is 2.03. The molecular formula is C13H17BrO3. The molecule has 94 valence electrons. The van der Waals surface area contributed by atoms with Crippen molar-refractivity contribution in [2.45, 2.75) is 31.8 Å². The van der Waals surface area contributed by atoms with Gasteiger partial charge in [0.25, 0.3) is 0 Å². The Kier molecular flexibility index (Phi) is 3.94. The zero-order valence-electron chi connectivity index (χ0n) is 10.1. The lowest BCUT2D eigenvalue weighted by Gasteiger charge is -2.20. The third-order valence-corrected chi connectivity index (χ3v) is 3.96. The Hall–Kier alpha value is -0.740. The van der Waals surface area contributed by atoms with Crippen molar-refractivity contribution in [3.05, 3.63) is 21.7 Å². The number of aliphatic hydroxyl groups excluding tert-OH is 1. The van der Waals surface area contributed by atoms with Crippen LogP contribution in [0.2, 0.25) is 0 Å². The van der Waals surface area contributed by atoms with Gasteiger partial charge >= 0.3 is 0 Å². The molecule has 0 unspecified atom stereocenters. The third-order valence-electron chi connectivity index (χ3n) is 3.25. The predicted molar refractivity (Wildman–Crippen MR) is 69.8 cm³/mol. The summed E-state index contributed by atoms with van der Waals surface area (Å²) >= 11 is 3.55. The fraction of sp³-hybridized carbons (Fsp3) is 0.538. The number of aliphatic hydroxyl groups is 1. The van der Waals surface area contributed by atoms with E-state index in [9.17, 15) is 5.11 Å². The Labute approximate surface area is 110 Å². The van der Waals surface area contributed by atoms with Crippen LogP contribution in [0.1, 0.15) is 36.5 Å². The van der Waals surface area contributed by atoms with Gasteiger partial charge in [0.15, 0.2) is 11.5 Å². The van der Waals surface area contributed by atoms with Crippen molar-refractivity contribution in [1.82, 2.24) is 0 Å². The summed E-state index contributed by atoms with van der Waals surface area (Å²) in [5.74, 6) is 1.33. The van der Waals surface area contributed by atoms with Crippen LogP contribution in [0.25, 0.3) is 0 Å². The molecule has 0 saturated heterocycles. The van der Waals surface area contributed by atoms with Crippen LogP contribution in [0.5, 0.6) is 11.5 Å². The molecule has 0 aliphatic heterocycles. The van der Waals surface area contributed by atoms with Crippen molar-refractivity contribution in [2.75, 3.05) is 14.2 Å². The average Bonchev–Trinajstić information content (AvgIpc) is 2.52. The van der Waals surface area contributed by atoms with Gasteiger partial charge in [0.05, 0.1) is 20.3 Å². The van der Waals surface area contributed by atoms with E-state index in [1.165, 1.54) is 0 Å². The summed E-state index contributed by atoms with van der Waals surface area (Å²) < 4.78 is 11.7. The largest absolute Gasteiger partial charge is 0.493 e. The second-order valence-electron chi connectivity index (χ2n) is 4.25. The molecule has 1 atom stereocenters.